The molecular formula is C13H15FN4. The molecule has 2 aromatic rings. The Hall–Kier alpha value is -1.85. The summed E-state index contributed by atoms with van der Waals surface area (Å²) < 4.78 is 13.3. The zero-order valence-electron chi connectivity index (χ0n) is 10.3. The predicted octanol–water partition coefficient (Wildman–Crippen LogP) is 1.79. The molecule has 0 bridgehead atoms. The molecule has 3 N–H and O–H groups in total. The molecule has 0 saturated carbocycles. The van der Waals surface area contributed by atoms with Crippen LogP contribution in [0.5, 0.6) is 0 Å². The summed E-state index contributed by atoms with van der Waals surface area (Å²) in [7, 11) is 0. The van der Waals surface area contributed by atoms with Crippen LogP contribution in [0.3, 0.4) is 0 Å². The quantitative estimate of drug-likeness (QED) is 0.640. The number of hydrazine groups is 1. The third kappa shape index (κ3) is 2.52. The molecular weight excluding hydrogens is 231 g/mol. The summed E-state index contributed by atoms with van der Waals surface area (Å²) in [5.41, 5.74) is 5.12. The van der Waals surface area contributed by atoms with Crippen molar-refractivity contribution in [1.82, 2.24) is 15.4 Å². The number of benzene rings is 1. The first-order valence-electron chi connectivity index (χ1n) is 5.63. The summed E-state index contributed by atoms with van der Waals surface area (Å²) in [6.45, 7) is 3.71. The molecule has 1 heterocycles. The predicted molar refractivity (Wildman–Crippen MR) is 67.1 cm³/mol. The van der Waals surface area contributed by atoms with Gasteiger partial charge in [-0.15, -0.1) is 0 Å². The Balaban J connectivity index is 2.48. The Kier molecular flexibility index (Phi) is 3.64. The molecule has 0 spiro atoms. The highest BCUT2D eigenvalue weighted by molar-refractivity contribution is 5.34. The molecule has 0 aliphatic rings. The van der Waals surface area contributed by atoms with Crippen LogP contribution in [-0.2, 0) is 0 Å². The molecule has 2 rings (SSSR count). The third-order valence-corrected chi connectivity index (χ3v) is 2.81. The van der Waals surface area contributed by atoms with E-state index in [9.17, 15) is 4.39 Å². The van der Waals surface area contributed by atoms with Gasteiger partial charge in [0.15, 0.2) is 0 Å². The zero-order valence-corrected chi connectivity index (χ0v) is 10.3. The van der Waals surface area contributed by atoms with Crippen LogP contribution < -0.4 is 11.3 Å². The molecule has 4 nitrogen and oxygen atoms in total. The van der Waals surface area contributed by atoms with Crippen LogP contribution in [0.1, 0.15) is 28.7 Å². The van der Waals surface area contributed by atoms with Crippen LogP contribution in [0.25, 0.3) is 0 Å². The van der Waals surface area contributed by atoms with Crippen LogP contribution in [0.2, 0.25) is 0 Å². The van der Waals surface area contributed by atoms with Crippen molar-refractivity contribution >= 4 is 0 Å². The van der Waals surface area contributed by atoms with Gasteiger partial charge in [0.1, 0.15) is 11.6 Å². The van der Waals surface area contributed by atoms with Crippen LogP contribution >= 0.6 is 0 Å². The van der Waals surface area contributed by atoms with Crippen LogP contribution in [-0.4, -0.2) is 9.97 Å². The normalized spacial score (nSPS) is 12.4. The first kappa shape index (κ1) is 12.6. The molecule has 0 fully saturated rings. The fourth-order valence-electron chi connectivity index (χ4n) is 1.89. The van der Waals surface area contributed by atoms with Crippen molar-refractivity contribution in [2.24, 2.45) is 5.84 Å². The Labute approximate surface area is 105 Å². The van der Waals surface area contributed by atoms with Gasteiger partial charge in [0, 0.05) is 6.20 Å². The summed E-state index contributed by atoms with van der Waals surface area (Å²) in [4.78, 5) is 8.35. The lowest BCUT2D eigenvalue weighted by atomic mass is 9.99. The lowest BCUT2D eigenvalue weighted by Gasteiger charge is -2.18. The van der Waals surface area contributed by atoms with E-state index in [1.807, 2.05) is 6.92 Å². The molecule has 1 atom stereocenters. The Morgan fingerprint density at radius 2 is 2.06 bits per heavy atom. The van der Waals surface area contributed by atoms with E-state index in [1.54, 1.807) is 25.3 Å². The number of aryl methyl sites for hydroxylation is 2. The number of halogens is 1. The van der Waals surface area contributed by atoms with Crippen LogP contribution in [0, 0.1) is 19.7 Å². The number of nitrogens with one attached hydrogen (secondary N) is 1. The Bertz CT molecular complexity index is 556. The second kappa shape index (κ2) is 5.20. The van der Waals surface area contributed by atoms with Gasteiger partial charge in [0.25, 0.3) is 0 Å². The van der Waals surface area contributed by atoms with Gasteiger partial charge < -0.3 is 0 Å². The summed E-state index contributed by atoms with van der Waals surface area (Å²) >= 11 is 0. The summed E-state index contributed by atoms with van der Waals surface area (Å²) in [5, 5.41) is 0. The molecule has 18 heavy (non-hydrogen) atoms. The average molecular weight is 246 g/mol. The lowest BCUT2D eigenvalue weighted by molar-refractivity contribution is 0.593. The molecule has 0 aliphatic heterocycles. The van der Waals surface area contributed by atoms with Gasteiger partial charge in [-0.05, 0) is 43.2 Å². The molecule has 0 saturated heterocycles. The largest absolute Gasteiger partial charge is 0.271 e. The minimum absolute atomic E-state index is 0.290. The highest BCUT2D eigenvalue weighted by atomic mass is 19.1. The van der Waals surface area contributed by atoms with Gasteiger partial charge in [-0.2, -0.15) is 0 Å². The van der Waals surface area contributed by atoms with E-state index in [2.05, 4.69) is 15.4 Å². The summed E-state index contributed by atoms with van der Waals surface area (Å²) in [6.07, 6.45) is 1.66. The van der Waals surface area contributed by atoms with Gasteiger partial charge in [0.05, 0.1) is 11.7 Å². The monoisotopic (exact) mass is 246 g/mol. The van der Waals surface area contributed by atoms with E-state index in [1.165, 1.54) is 12.1 Å². The van der Waals surface area contributed by atoms with E-state index in [0.717, 1.165) is 16.8 Å². The highest BCUT2D eigenvalue weighted by Gasteiger charge is 2.17. The van der Waals surface area contributed by atoms with Crippen molar-refractivity contribution in [3.05, 3.63) is 58.9 Å². The maximum Gasteiger partial charge on any atom is 0.125 e. The first-order chi connectivity index (χ1) is 8.61. The SMILES string of the molecule is Cc1nccc(C(NN)c2cc(F)ccc2C)n1. The minimum atomic E-state index is -0.345. The summed E-state index contributed by atoms with van der Waals surface area (Å²) in [6, 6.07) is 6.04. The van der Waals surface area contributed by atoms with Gasteiger partial charge in [-0.25, -0.2) is 19.8 Å². The highest BCUT2D eigenvalue weighted by Crippen LogP contribution is 2.23. The topological polar surface area (TPSA) is 63.8 Å². The van der Waals surface area contributed by atoms with Crippen molar-refractivity contribution in [1.29, 1.82) is 0 Å². The van der Waals surface area contributed by atoms with Gasteiger partial charge in [-0.1, -0.05) is 6.07 Å². The first-order valence-corrected chi connectivity index (χ1v) is 5.63. The van der Waals surface area contributed by atoms with Crippen molar-refractivity contribution in [3.8, 4) is 0 Å². The number of hydrogen-bond acceptors (Lipinski definition) is 4. The van der Waals surface area contributed by atoms with Gasteiger partial charge >= 0.3 is 0 Å². The van der Waals surface area contributed by atoms with E-state index in [4.69, 9.17) is 5.84 Å². The standard InChI is InChI=1S/C13H15FN4/c1-8-3-4-10(14)7-11(8)13(18-15)12-5-6-16-9(2)17-12/h3-7,13,18H,15H2,1-2H3. The van der Waals surface area contributed by atoms with Crippen molar-refractivity contribution in [2.75, 3.05) is 0 Å². The van der Waals surface area contributed by atoms with E-state index < -0.39 is 0 Å². The van der Waals surface area contributed by atoms with E-state index >= 15 is 0 Å². The second-order valence-corrected chi connectivity index (χ2v) is 4.13. The minimum Gasteiger partial charge on any atom is -0.271 e. The second-order valence-electron chi connectivity index (χ2n) is 4.13. The lowest BCUT2D eigenvalue weighted by Crippen LogP contribution is -2.30. The van der Waals surface area contributed by atoms with Gasteiger partial charge in [0.2, 0.25) is 0 Å². The van der Waals surface area contributed by atoms with Crippen molar-refractivity contribution in [3.63, 3.8) is 0 Å². The Morgan fingerprint density at radius 3 is 2.72 bits per heavy atom. The molecule has 0 radical (unpaired) electrons. The van der Waals surface area contributed by atoms with E-state index in [-0.39, 0.29) is 11.9 Å². The third-order valence-electron chi connectivity index (χ3n) is 2.81. The smallest absolute Gasteiger partial charge is 0.125 e. The molecule has 1 unspecified atom stereocenters. The average Bonchev–Trinajstić information content (AvgIpc) is 2.35. The number of nitrogens with zero attached hydrogens (tertiary/aromatic N) is 2. The molecule has 0 amide bonds. The number of nitrogens with two attached hydrogens (primary N) is 1. The number of hydrogen-bond donors (Lipinski definition) is 2. The molecule has 1 aromatic heterocycles. The molecule has 1 aromatic carbocycles. The van der Waals surface area contributed by atoms with Crippen LogP contribution in [0.4, 0.5) is 4.39 Å². The number of rotatable bonds is 3. The zero-order chi connectivity index (χ0) is 13.1. The maximum absolute atomic E-state index is 13.3. The Morgan fingerprint density at radius 1 is 1.28 bits per heavy atom. The van der Waals surface area contributed by atoms with Crippen LogP contribution in [0.15, 0.2) is 30.5 Å². The fourth-order valence-corrected chi connectivity index (χ4v) is 1.89. The molecule has 0 aliphatic carbocycles. The molecule has 5 heteroatoms. The summed E-state index contributed by atoms with van der Waals surface area (Å²) in [5.74, 6) is 5.94. The molecule has 94 valence electrons. The van der Waals surface area contributed by atoms with Gasteiger partial charge in [-0.3, -0.25) is 5.84 Å². The van der Waals surface area contributed by atoms with Crippen molar-refractivity contribution in [2.45, 2.75) is 19.9 Å². The maximum atomic E-state index is 13.3. The van der Waals surface area contributed by atoms with Crippen molar-refractivity contribution < 1.29 is 4.39 Å². The van der Waals surface area contributed by atoms with E-state index in [0.29, 0.717) is 5.82 Å². The fraction of sp³-hybridized carbons (Fsp3) is 0.231. The number of aromatic nitrogens is 2.